The summed E-state index contributed by atoms with van der Waals surface area (Å²) in [7, 11) is 0. The first-order valence-electron chi connectivity index (χ1n) is 7.25. The van der Waals surface area contributed by atoms with Crippen molar-refractivity contribution in [2.75, 3.05) is 13.1 Å². The van der Waals surface area contributed by atoms with E-state index in [2.05, 4.69) is 14.9 Å². The van der Waals surface area contributed by atoms with Crippen molar-refractivity contribution in [2.45, 2.75) is 25.3 Å². The third kappa shape index (κ3) is 3.31. The molecule has 0 aliphatic carbocycles. The van der Waals surface area contributed by atoms with Crippen LogP contribution in [0, 0.1) is 0 Å². The maximum atomic E-state index is 10.9. The quantitative estimate of drug-likeness (QED) is 0.905. The van der Waals surface area contributed by atoms with Crippen LogP contribution >= 0.6 is 0 Å². The minimum atomic E-state index is -0.869. The van der Waals surface area contributed by atoms with Gasteiger partial charge in [-0.15, -0.1) is 0 Å². The van der Waals surface area contributed by atoms with Crippen LogP contribution in [0.3, 0.4) is 0 Å². The lowest BCUT2D eigenvalue weighted by Gasteiger charge is -2.32. The number of likely N-dealkylation sites (tertiary alicyclic amines) is 1. The second kappa shape index (κ2) is 6.10. The topological polar surface area (TPSA) is 69.2 Å². The Morgan fingerprint density at radius 3 is 2.86 bits per heavy atom. The highest BCUT2D eigenvalue weighted by molar-refractivity contribution is 5.87. The van der Waals surface area contributed by atoms with Crippen LogP contribution < -0.4 is 0 Å². The van der Waals surface area contributed by atoms with Crippen molar-refractivity contribution in [3.05, 3.63) is 53.6 Å². The minimum Gasteiger partial charge on any atom is -0.478 e. The van der Waals surface area contributed by atoms with Gasteiger partial charge >= 0.3 is 5.97 Å². The van der Waals surface area contributed by atoms with Crippen molar-refractivity contribution in [2.24, 2.45) is 0 Å². The molecule has 21 heavy (non-hydrogen) atoms. The molecule has 1 saturated heterocycles. The number of nitrogens with one attached hydrogen (secondary N) is 1. The average molecular weight is 285 g/mol. The first-order chi connectivity index (χ1) is 10.2. The molecule has 2 aromatic rings. The number of carboxylic acid groups (broad SMARTS) is 1. The van der Waals surface area contributed by atoms with E-state index in [1.165, 1.54) is 12.0 Å². The summed E-state index contributed by atoms with van der Waals surface area (Å²) in [6.45, 7) is 3.00. The molecule has 0 unspecified atom stereocenters. The standard InChI is InChI=1S/C16H19N3O2/c20-16(21)13-5-3-12(4-6-13)14-2-1-7-19(9-14)10-15-8-17-11-18-15/h3-6,8,11,14H,1-2,7,9-10H2,(H,17,18)(H,20,21)/t14-/m0/s1. The number of imidazole rings is 1. The van der Waals surface area contributed by atoms with Gasteiger partial charge in [-0.3, -0.25) is 4.90 Å². The second-order valence-corrected chi connectivity index (χ2v) is 5.58. The highest BCUT2D eigenvalue weighted by Crippen LogP contribution is 2.27. The first-order valence-corrected chi connectivity index (χ1v) is 7.25. The summed E-state index contributed by atoms with van der Waals surface area (Å²) >= 11 is 0. The average Bonchev–Trinajstić information content (AvgIpc) is 3.00. The fourth-order valence-electron chi connectivity index (χ4n) is 2.98. The normalized spacial score (nSPS) is 19.5. The van der Waals surface area contributed by atoms with Crippen LogP contribution in [0.4, 0.5) is 0 Å². The number of H-pyrrole nitrogens is 1. The SMILES string of the molecule is O=C(O)c1ccc([C@H]2CCCN(Cc3cnc[nH]3)C2)cc1. The molecule has 1 aromatic carbocycles. The van der Waals surface area contributed by atoms with Gasteiger partial charge in [-0.25, -0.2) is 9.78 Å². The van der Waals surface area contributed by atoms with Gasteiger partial charge < -0.3 is 10.1 Å². The minimum absolute atomic E-state index is 0.351. The number of hydrogen-bond acceptors (Lipinski definition) is 3. The summed E-state index contributed by atoms with van der Waals surface area (Å²) in [6, 6.07) is 7.30. The van der Waals surface area contributed by atoms with Crippen LogP contribution in [0.25, 0.3) is 0 Å². The van der Waals surface area contributed by atoms with Gasteiger partial charge in [-0.2, -0.15) is 0 Å². The fourth-order valence-corrected chi connectivity index (χ4v) is 2.98. The Morgan fingerprint density at radius 2 is 2.19 bits per heavy atom. The molecule has 5 nitrogen and oxygen atoms in total. The van der Waals surface area contributed by atoms with Crippen molar-refractivity contribution in [1.82, 2.24) is 14.9 Å². The zero-order valence-corrected chi connectivity index (χ0v) is 11.8. The molecule has 1 fully saturated rings. The van der Waals surface area contributed by atoms with Gasteiger partial charge in [0, 0.05) is 25.0 Å². The molecule has 0 radical (unpaired) electrons. The van der Waals surface area contributed by atoms with Crippen LogP contribution in [0.5, 0.6) is 0 Å². The number of carbonyl (C=O) groups is 1. The summed E-state index contributed by atoms with van der Waals surface area (Å²) in [6.07, 6.45) is 5.90. The van der Waals surface area contributed by atoms with Crippen molar-refractivity contribution in [3.63, 3.8) is 0 Å². The predicted molar refractivity (Wildman–Crippen MR) is 79.2 cm³/mol. The summed E-state index contributed by atoms with van der Waals surface area (Å²) in [5, 5.41) is 8.95. The number of aromatic amines is 1. The molecule has 0 spiro atoms. The van der Waals surface area contributed by atoms with Crippen molar-refractivity contribution in [1.29, 1.82) is 0 Å². The molecular weight excluding hydrogens is 266 g/mol. The summed E-state index contributed by atoms with van der Waals surface area (Å²) in [4.78, 5) is 20.5. The molecule has 2 heterocycles. The van der Waals surface area contributed by atoms with Crippen LogP contribution in [0.1, 0.15) is 40.4 Å². The maximum Gasteiger partial charge on any atom is 0.335 e. The second-order valence-electron chi connectivity index (χ2n) is 5.58. The van der Waals surface area contributed by atoms with Crippen LogP contribution in [-0.2, 0) is 6.54 Å². The van der Waals surface area contributed by atoms with Crippen molar-refractivity contribution in [3.8, 4) is 0 Å². The molecule has 2 N–H and O–H groups in total. The lowest BCUT2D eigenvalue weighted by molar-refractivity contribution is 0.0697. The molecule has 1 atom stereocenters. The Bertz CT molecular complexity index is 592. The predicted octanol–water partition coefficient (Wildman–Crippen LogP) is 2.49. The molecule has 0 amide bonds. The largest absolute Gasteiger partial charge is 0.478 e. The smallest absolute Gasteiger partial charge is 0.335 e. The first kappa shape index (κ1) is 13.8. The summed E-state index contributed by atoms with van der Waals surface area (Å²) in [5.41, 5.74) is 2.72. The van der Waals surface area contributed by atoms with E-state index >= 15 is 0 Å². The van der Waals surface area contributed by atoms with Gasteiger partial charge in [0.1, 0.15) is 0 Å². The Labute approximate surface area is 123 Å². The van der Waals surface area contributed by atoms with E-state index in [4.69, 9.17) is 5.11 Å². The van der Waals surface area contributed by atoms with E-state index in [1.807, 2.05) is 18.3 Å². The van der Waals surface area contributed by atoms with E-state index in [9.17, 15) is 4.79 Å². The molecule has 3 rings (SSSR count). The Kier molecular flexibility index (Phi) is 4.01. The Hall–Kier alpha value is -2.14. The molecule has 1 aliphatic heterocycles. The number of piperidine rings is 1. The zero-order valence-electron chi connectivity index (χ0n) is 11.8. The molecule has 0 saturated carbocycles. The molecular formula is C16H19N3O2. The number of carboxylic acids is 1. The number of benzene rings is 1. The molecule has 5 heteroatoms. The van der Waals surface area contributed by atoms with E-state index in [-0.39, 0.29) is 0 Å². The van der Waals surface area contributed by atoms with Gasteiger partial charge in [-0.05, 0) is 43.0 Å². The van der Waals surface area contributed by atoms with Gasteiger partial charge in [0.05, 0.1) is 11.9 Å². The lowest BCUT2D eigenvalue weighted by Crippen LogP contribution is -2.34. The number of aromatic carboxylic acids is 1. The summed E-state index contributed by atoms with van der Waals surface area (Å²) in [5.74, 6) is -0.393. The number of hydrogen-bond donors (Lipinski definition) is 2. The van der Waals surface area contributed by atoms with Gasteiger partial charge in [0.15, 0.2) is 0 Å². The van der Waals surface area contributed by atoms with Crippen LogP contribution in [0.15, 0.2) is 36.8 Å². The zero-order chi connectivity index (χ0) is 14.7. The third-order valence-corrected chi connectivity index (χ3v) is 4.08. The molecule has 110 valence electrons. The highest BCUT2D eigenvalue weighted by Gasteiger charge is 2.21. The number of nitrogens with zero attached hydrogens (tertiary/aromatic N) is 2. The molecule has 0 bridgehead atoms. The van der Waals surface area contributed by atoms with E-state index < -0.39 is 5.97 Å². The number of aromatic nitrogens is 2. The van der Waals surface area contributed by atoms with Crippen LogP contribution in [-0.4, -0.2) is 39.0 Å². The van der Waals surface area contributed by atoms with E-state index in [0.717, 1.165) is 31.7 Å². The maximum absolute atomic E-state index is 10.9. The lowest BCUT2D eigenvalue weighted by atomic mass is 9.90. The Balaban J connectivity index is 1.66. The van der Waals surface area contributed by atoms with Gasteiger partial charge in [-0.1, -0.05) is 12.1 Å². The van der Waals surface area contributed by atoms with E-state index in [1.54, 1.807) is 18.5 Å². The summed E-state index contributed by atoms with van der Waals surface area (Å²) < 4.78 is 0. The van der Waals surface area contributed by atoms with E-state index in [0.29, 0.717) is 11.5 Å². The third-order valence-electron chi connectivity index (χ3n) is 4.08. The highest BCUT2D eigenvalue weighted by atomic mass is 16.4. The van der Waals surface area contributed by atoms with Crippen molar-refractivity contribution >= 4 is 5.97 Å². The molecule has 1 aromatic heterocycles. The fraction of sp³-hybridized carbons (Fsp3) is 0.375. The van der Waals surface area contributed by atoms with Gasteiger partial charge in [0.25, 0.3) is 0 Å². The van der Waals surface area contributed by atoms with Gasteiger partial charge in [0.2, 0.25) is 0 Å². The monoisotopic (exact) mass is 285 g/mol. The molecule has 1 aliphatic rings. The van der Waals surface area contributed by atoms with Crippen LogP contribution in [0.2, 0.25) is 0 Å². The Morgan fingerprint density at radius 1 is 1.38 bits per heavy atom. The number of rotatable bonds is 4. The van der Waals surface area contributed by atoms with Crippen molar-refractivity contribution < 1.29 is 9.90 Å².